The molecule has 0 atom stereocenters. The van der Waals surface area contributed by atoms with E-state index in [1.165, 1.54) is 3.97 Å². The Morgan fingerprint density at radius 3 is 2.75 bits per heavy atom. The summed E-state index contributed by atoms with van der Waals surface area (Å²) in [6.07, 6.45) is 2.64. The van der Waals surface area contributed by atoms with Crippen molar-refractivity contribution < 1.29 is 8.42 Å². The Morgan fingerprint density at radius 1 is 1.08 bits per heavy atom. The van der Waals surface area contributed by atoms with Gasteiger partial charge >= 0.3 is 0 Å². The third-order valence-corrected chi connectivity index (χ3v) is 6.54. The lowest BCUT2D eigenvalue weighted by atomic mass is 10.1. The summed E-state index contributed by atoms with van der Waals surface area (Å²) < 4.78 is 28.1. The molecule has 4 nitrogen and oxygen atoms in total. The van der Waals surface area contributed by atoms with Gasteiger partial charge in [-0.1, -0.05) is 24.3 Å². The van der Waals surface area contributed by atoms with Gasteiger partial charge in [-0.3, -0.25) is 0 Å². The van der Waals surface area contributed by atoms with Crippen LogP contribution in [0.15, 0.2) is 47.5 Å². The minimum atomic E-state index is -3.61. The predicted molar refractivity (Wildman–Crippen MR) is 95.8 cm³/mol. The molecule has 0 unspecified atom stereocenters. The number of nitrogens with zero attached hydrogens (tertiary/aromatic N) is 1. The van der Waals surface area contributed by atoms with Crippen molar-refractivity contribution in [2.75, 3.05) is 6.54 Å². The maximum absolute atomic E-state index is 13.3. The maximum atomic E-state index is 13.3. The molecule has 2 aromatic carbocycles. The van der Waals surface area contributed by atoms with E-state index in [-0.39, 0.29) is 0 Å². The van der Waals surface area contributed by atoms with Crippen LogP contribution in [0, 0.1) is 13.8 Å². The minimum absolute atomic E-state index is 0.381. The first-order valence-corrected chi connectivity index (χ1v) is 9.58. The molecule has 0 amide bonds. The predicted octanol–water partition coefficient (Wildman–Crippen LogP) is 3.14. The van der Waals surface area contributed by atoms with E-state index in [0.29, 0.717) is 4.90 Å². The summed E-state index contributed by atoms with van der Waals surface area (Å²) in [5, 5.41) is 4.47. The number of nitrogens with one attached hydrogen (secondary N) is 1. The number of hydrogen-bond donors (Lipinski definition) is 1. The van der Waals surface area contributed by atoms with Crippen LogP contribution in [-0.4, -0.2) is 18.9 Å². The van der Waals surface area contributed by atoms with Crippen molar-refractivity contribution >= 4 is 20.9 Å². The van der Waals surface area contributed by atoms with E-state index in [9.17, 15) is 8.42 Å². The van der Waals surface area contributed by atoms with Crippen molar-refractivity contribution in [3.05, 3.63) is 64.8 Å². The number of benzene rings is 2. The highest BCUT2D eigenvalue weighted by Gasteiger charge is 2.24. The highest BCUT2D eigenvalue weighted by molar-refractivity contribution is 7.90. The van der Waals surface area contributed by atoms with Crippen molar-refractivity contribution in [1.29, 1.82) is 0 Å². The molecule has 1 aliphatic heterocycles. The summed E-state index contributed by atoms with van der Waals surface area (Å²) in [4.78, 5) is 0.381. The van der Waals surface area contributed by atoms with E-state index >= 15 is 0 Å². The summed E-state index contributed by atoms with van der Waals surface area (Å²) in [5.74, 6) is 0. The van der Waals surface area contributed by atoms with Crippen molar-refractivity contribution in [1.82, 2.24) is 9.29 Å². The maximum Gasteiger partial charge on any atom is 0.268 e. The van der Waals surface area contributed by atoms with Crippen LogP contribution < -0.4 is 5.32 Å². The monoisotopic (exact) mass is 340 g/mol. The van der Waals surface area contributed by atoms with Gasteiger partial charge in [-0.15, -0.1) is 0 Å². The summed E-state index contributed by atoms with van der Waals surface area (Å²) >= 11 is 0. The molecule has 2 heterocycles. The van der Waals surface area contributed by atoms with Crippen LogP contribution in [0.2, 0.25) is 0 Å². The first-order valence-electron chi connectivity index (χ1n) is 8.14. The van der Waals surface area contributed by atoms with Crippen LogP contribution in [0.5, 0.6) is 0 Å². The highest BCUT2D eigenvalue weighted by Crippen LogP contribution is 2.31. The molecule has 0 fully saturated rings. The average molecular weight is 340 g/mol. The zero-order valence-corrected chi connectivity index (χ0v) is 14.7. The van der Waals surface area contributed by atoms with Gasteiger partial charge in [0.05, 0.1) is 10.4 Å². The van der Waals surface area contributed by atoms with E-state index < -0.39 is 10.0 Å². The molecule has 0 aliphatic carbocycles. The molecule has 3 aromatic rings. The van der Waals surface area contributed by atoms with E-state index in [2.05, 4.69) is 11.4 Å². The standard InChI is InChI=1S/C19H20N2O2S/c1-13-6-7-14(2)18(10-13)24(22,23)21-12-16-8-9-20-11-15-4-3-5-17(21)19(15)16/h3-7,10,12,20H,8-9,11H2,1-2H3. The smallest absolute Gasteiger partial charge is 0.268 e. The second-order valence-corrected chi connectivity index (χ2v) is 8.25. The molecule has 124 valence electrons. The lowest BCUT2D eigenvalue weighted by molar-refractivity contribution is 0.588. The quantitative estimate of drug-likeness (QED) is 0.780. The lowest BCUT2D eigenvalue weighted by Crippen LogP contribution is -2.16. The van der Waals surface area contributed by atoms with E-state index in [4.69, 9.17) is 0 Å². The van der Waals surface area contributed by atoms with Gasteiger partial charge in [0.2, 0.25) is 0 Å². The summed E-state index contributed by atoms with van der Waals surface area (Å²) in [7, 11) is -3.61. The molecule has 0 saturated carbocycles. The molecule has 5 heteroatoms. The van der Waals surface area contributed by atoms with Gasteiger partial charge in [0.1, 0.15) is 0 Å². The number of aryl methyl sites for hydroxylation is 2. The fourth-order valence-electron chi connectivity index (χ4n) is 3.49. The molecule has 1 aromatic heterocycles. The topological polar surface area (TPSA) is 51.1 Å². The Balaban J connectivity index is 2.02. The van der Waals surface area contributed by atoms with Gasteiger partial charge in [0, 0.05) is 18.1 Å². The van der Waals surface area contributed by atoms with Crippen molar-refractivity contribution in [2.24, 2.45) is 0 Å². The normalized spacial score (nSPS) is 14.8. The molecule has 0 bridgehead atoms. The Morgan fingerprint density at radius 2 is 1.92 bits per heavy atom. The summed E-state index contributed by atoms with van der Waals surface area (Å²) in [5.41, 5.74) is 4.75. The average Bonchev–Trinajstić information content (AvgIpc) is 2.81. The summed E-state index contributed by atoms with van der Waals surface area (Å²) in [6.45, 7) is 5.40. The zero-order chi connectivity index (χ0) is 16.9. The fourth-order valence-corrected chi connectivity index (χ4v) is 5.19. The van der Waals surface area contributed by atoms with Crippen LogP contribution in [0.25, 0.3) is 10.9 Å². The van der Waals surface area contributed by atoms with Crippen LogP contribution in [-0.2, 0) is 23.0 Å². The molecule has 1 aliphatic rings. The molecule has 0 spiro atoms. The van der Waals surface area contributed by atoms with Gasteiger partial charge in [0.25, 0.3) is 10.0 Å². The highest BCUT2D eigenvalue weighted by atomic mass is 32.2. The van der Waals surface area contributed by atoms with Crippen molar-refractivity contribution in [2.45, 2.75) is 31.7 Å². The molecule has 24 heavy (non-hydrogen) atoms. The summed E-state index contributed by atoms with van der Waals surface area (Å²) in [6, 6.07) is 11.5. The zero-order valence-electron chi connectivity index (χ0n) is 13.8. The molecule has 0 radical (unpaired) electrons. The Kier molecular flexibility index (Phi) is 3.51. The Hall–Kier alpha value is -2.11. The third kappa shape index (κ3) is 2.27. The first kappa shape index (κ1) is 15.4. The Labute approximate surface area is 142 Å². The van der Waals surface area contributed by atoms with Crippen LogP contribution in [0.4, 0.5) is 0 Å². The van der Waals surface area contributed by atoms with Gasteiger partial charge < -0.3 is 5.32 Å². The number of hydrogen-bond acceptors (Lipinski definition) is 3. The molecule has 1 N–H and O–H groups in total. The second-order valence-electron chi connectivity index (χ2n) is 6.46. The van der Waals surface area contributed by atoms with Crippen LogP contribution in [0.1, 0.15) is 22.3 Å². The van der Waals surface area contributed by atoms with Crippen LogP contribution in [0.3, 0.4) is 0 Å². The molecule has 0 saturated heterocycles. The van der Waals surface area contributed by atoms with Gasteiger partial charge in [-0.2, -0.15) is 0 Å². The second kappa shape index (κ2) is 5.46. The first-order chi connectivity index (χ1) is 11.5. The molecule has 4 rings (SSSR count). The van der Waals surface area contributed by atoms with Crippen molar-refractivity contribution in [3.8, 4) is 0 Å². The minimum Gasteiger partial charge on any atom is -0.312 e. The molecular formula is C19H20N2O2S. The third-order valence-electron chi connectivity index (χ3n) is 4.73. The van der Waals surface area contributed by atoms with Crippen molar-refractivity contribution in [3.63, 3.8) is 0 Å². The van der Waals surface area contributed by atoms with Gasteiger partial charge in [-0.25, -0.2) is 12.4 Å². The SMILES string of the molecule is Cc1ccc(C)c(S(=O)(=O)n2cc3c4c(cccc42)CNCC3)c1. The fraction of sp³-hybridized carbons (Fsp3) is 0.263. The largest absolute Gasteiger partial charge is 0.312 e. The number of rotatable bonds is 2. The number of aromatic nitrogens is 1. The van der Waals surface area contributed by atoms with E-state index in [1.54, 1.807) is 12.3 Å². The lowest BCUT2D eigenvalue weighted by Gasteiger charge is -2.12. The van der Waals surface area contributed by atoms with Crippen LogP contribution >= 0.6 is 0 Å². The Bertz CT molecular complexity index is 1050. The van der Waals surface area contributed by atoms with Gasteiger partial charge in [0.15, 0.2) is 0 Å². The molecular weight excluding hydrogens is 320 g/mol. The van der Waals surface area contributed by atoms with Gasteiger partial charge in [-0.05, 0) is 61.2 Å². The van der Waals surface area contributed by atoms with E-state index in [0.717, 1.165) is 52.7 Å². The van der Waals surface area contributed by atoms with E-state index in [1.807, 2.05) is 38.1 Å².